The molecule has 0 unspecified atom stereocenters. The summed E-state index contributed by atoms with van der Waals surface area (Å²) in [5.41, 5.74) is 1.69. The molecule has 0 radical (unpaired) electrons. The highest BCUT2D eigenvalue weighted by Gasteiger charge is 2.24. The molecule has 1 amide bonds. The van der Waals surface area contributed by atoms with Crippen molar-refractivity contribution in [2.75, 3.05) is 19.6 Å². The van der Waals surface area contributed by atoms with E-state index >= 15 is 0 Å². The largest absolute Gasteiger partial charge is 0.333 e. The van der Waals surface area contributed by atoms with E-state index in [1.54, 1.807) is 6.07 Å². The van der Waals surface area contributed by atoms with Crippen molar-refractivity contribution < 1.29 is 4.79 Å². The van der Waals surface area contributed by atoms with Crippen molar-refractivity contribution in [3.63, 3.8) is 0 Å². The van der Waals surface area contributed by atoms with E-state index in [-0.39, 0.29) is 11.9 Å². The zero-order valence-electron chi connectivity index (χ0n) is 10.2. The lowest BCUT2D eigenvalue weighted by Gasteiger charge is -2.34. The first kappa shape index (κ1) is 12.4. The minimum atomic E-state index is 0.0824. The maximum Gasteiger partial charge on any atom is 0.254 e. The van der Waals surface area contributed by atoms with Crippen LogP contribution < -0.4 is 5.32 Å². The normalized spacial score (nSPS) is 20.4. The highest BCUT2D eigenvalue weighted by atomic mass is 35.5. The fourth-order valence-corrected chi connectivity index (χ4v) is 2.29. The minimum Gasteiger partial charge on any atom is -0.333 e. The van der Waals surface area contributed by atoms with E-state index in [0.29, 0.717) is 10.6 Å². The zero-order chi connectivity index (χ0) is 12.4. The van der Waals surface area contributed by atoms with Crippen molar-refractivity contribution in [2.24, 2.45) is 0 Å². The van der Waals surface area contributed by atoms with Gasteiger partial charge in [-0.25, -0.2) is 0 Å². The van der Waals surface area contributed by atoms with Gasteiger partial charge in [0, 0.05) is 36.3 Å². The Bertz CT molecular complexity index is 433. The molecule has 1 aliphatic rings. The average molecular weight is 253 g/mol. The Morgan fingerprint density at radius 1 is 1.53 bits per heavy atom. The van der Waals surface area contributed by atoms with E-state index < -0.39 is 0 Å². The van der Waals surface area contributed by atoms with E-state index in [1.165, 1.54) is 0 Å². The van der Waals surface area contributed by atoms with Crippen molar-refractivity contribution in [1.29, 1.82) is 0 Å². The van der Waals surface area contributed by atoms with Gasteiger partial charge in [-0.2, -0.15) is 0 Å². The van der Waals surface area contributed by atoms with Gasteiger partial charge in [0.05, 0.1) is 0 Å². The summed E-state index contributed by atoms with van der Waals surface area (Å²) in [6.45, 7) is 6.47. The molecule has 1 aromatic carbocycles. The lowest BCUT2D eigenvalue weighted by atomic mass is 10.1. The first-order chi connectivity index (χ1) is 8.09. The topological polar surface area (TPSA) is 32.3 Å². The van der Waals surface area contributed by atoms with Gasteiger partial charge in [-0.3, -0.25) is 4.79 Å². The molecule has 0 aliphatic carbocycles. The molecule has 0 aromatic heterocycles. The number of benzene rings is 1. The summed E-state index contributed by atoms with van der Waals surface area (Å²) in [6.07, 6.45) is 0. The molecule has 3 nitrogen and oxygen atoms in total. The molecule has 1 atom stereocenters. The maximum atomic E-state index is 12.4. The predicted octanol–water partition coefficient (Wildman–Crippen LogP) is 2.08. The SMILES string of the molecule is Cc1ccc(Cl)cc1C(=O)N1CCNC[C@@H]1C. The number of hydrogen-bond acceptors (Lipinski definition) is 2. The highest BCUT2D eigenvalue weighted by Crippen LogP contribution is 2.18. The van der Waals surface area contributed by atoms with Crippen LogP contribution in [-0.4, -0.2) is 36.5 Å². The van der Waals surface area contributed by atoms with Gasteiger partial charge < -0.3 is 10.2 Å². The summed E-state index contributed by atoms with van der Waals surface area (Å²) >= 11 is 5.95. The number of carbonyl (C=O) groups excluding carboxylic acids is 1. The number of rotatable bonds is 1. The second kappa shape index (κ2) is 5.07. The molecular weight excluding hydrogens is 236 g/mol. The quantitative estimate of drug-likeness (QED) is 0.830. The van der Waals surface area contributed by atoms with E-state index in [2.05, 4.69) is 12.2 Å². The molecule has 0 spiro atoms. The number of piperazine rings is 1. The van der Waals surface area contributed by atoms with E-state index in [0.717, 1.165) is 25.2 Å². The predicted molar refractivity (Wildman–Crippen MR) is 69.6 cm³/mol. The summed E-state index contributed by atoms with van der Waals surface area (Å²) < 4.78 is 0. The molecule has 0 bridgehead atoms. The summed E-state index contributed by atoms with van der Waals surface area (Å²) in [5.74, 6) is 0.0824. The third kappa shape index (κ3) is 2.61. The molecule has 1 aromatic rings. The number of nitrogens with zero attached hydrogens (tertiary/aromatic N) is 1. The molecule has 2 rings (SSSR count). The van der Waals surface area contributed by atoms with Crippen molar-refractivity contribution >= 4 is 17.5 Å². The molecular formula is C13H17ClN2O. The van der Waals surface area contributed by atoms with Crippen LogP contribution in [0.25, 0.3) is 0 Å². The molecule has 4 heteroatoms. The van der Waals surface area contributed by atoms with Crippen LogP contribution in [0.15, 0.2) is 18.2 Å². The Morgan fingerprint density at radius 3 is 3.00 bits per heavy atom. The molecule has 1 fully saturated rings. The standard InChI is InChI=1S/C13H17ClN2O/c1-9-3-4-11(14)7-12(9)13(17)16-6-5-15-8-10(16)2/h3-4,7,10,15H,5-6,8H2,1-2H3/t10-/m0/s1. The zero-order valence-corrected chi connectivity index (χ0v) is 10.9. The number of aryl methyl sites for hydroxylation is 1. The Labute approximate surface area is 107 Å². The molecule has 92 valence electrons. The number of amides is 1. The fourth-order valence-electron chi connectivity index (χ4n) is 2.12. The van der Waals surface area contributed by atoms with Crippen molar-refractivity contribution in [3.8, 4) is 0 Å². The fraction of sp³-hybridized carbons (Fsp3) is 0.462. The summed E-state index contributed by atoms with van der Waals surface area (Å²) in [6, 6.07) is 5.69. The van der Waals surface area contributed by atoms with Crippen molar-refractivity contribution in [3.05, 3.63) is 34.3 Å². The second-order valence-electron chi connectivity index (χ2n) is 4.51. The van der Waals surface area contributed by atoms with E-state index in [9.17, 15) is 4.79 Å². The van der Waals surface area contributed by atoms with Gasteiger partial charge >= 0.3 is 0 Å². The van der Waals surface area contributed by atoms with Crippen LogP contribution in [0, 0.1) is 6.92 Å². The summed E-state index contributed by atoms with van der Waals surface area (Å²) in [5, 5.41) is 3.89. The Balaban J connectivity index is 2.26. The van der Waals surface area contributed by atoms with Crippen molar-refractivity contribution in [2.45, 2.75) is 19.9 Å². The Hall–Kier alpha value is -1.06. The lowest BCUT2D eigenvalue weighted by molar-refractivity contribution is 0.0655. The number of hydrogen-bond donors (Lipinski definition) is 1. The van der Waals surface area contributed by atoms with Crippen molar-refractivity contribution in [1.82, 2.24) is 10.2 Å². The molecule has 0 saturated carbocycles. The van der Waals surface area contributed by atoms with E-state index in [4.69, 9.17) is 11.6 Å². The van der Waals surface area contributed by atoms with Crippen LogP contribution in [-0.2, 0) is 0 Å². The Morgan fingerprint density at radius 2 is 2.29 bits per heavy atom. The highest BCUT2D eigenvalue weighted by molar-refractivity contribution is 6.31. The summed E-state index contributed by atoms with van der Waals surface area (Å²) in [7, 11) is 0. The number of nitrogens with one attached hydrogen (secondary N) is 1. The molecule has 1 heterocycles. The first-order valence-electron chi connectivity index (χ1n) is 5.87. The molecule has 1 aliphatic heterocycles. The van der Waals surface area contributed by atoms with Gasteiger partial charge in [0.1, 0.15) is 0 Å². The van der Waals surface area contributed by atoms with Gasteiger partial charge in [-0.1, -0.05) is 17.7 Å². The van der Waals surface area contributed by atoms with E-state index in [1.807, 2.05) is 24.0 Å². The molecule has 1 N–H and O–H groups in total. The number of halogens is 1. The van der Waals surface area contributed by atoms with Gasteiger partial charge in [0.25, 0.3) is 5.91 Å². The van der Waals surface area contributed by atoms with Gasteiger partial charge in [0.2, 0.25) is 0 Å². The molecule has 1 saturated heterocycles. The van der Waals surface area contributed by atoms with Crippen LogP contribution in [0.2, 0.25) is 5.02 Å². The monoisotopic (exact) mass is 252 g/mol. The van der Waals surface area contributed by atoms with Crippen LogP contribution in [0.5, 0.6) is 0 Å². The summed E-state index contributed by atoms with van der Waals surface area (Å²) in [4.78, 5) is 14.3. The minimum absolute atomic E-state index is 0.0824. The van der Waals surface area contributed by atoms with Crippen LogP contribution in [0.3, 0.4) is 0 Å². The maximum absolute atomic E-state index is 12.4. The lowest BCUT2D eigenvalue weighted by Crippen LogP contribution is -2.52. The third-order valence-electron chi connectivity index (χ3n) is 3.19. The van der Waals surface area contributed by atoms with Gasteiger partial charge in [-0.15, -0.1) is 0 Å². The van der Waals surface area contributed by atoms with Gasteiger partial charge in [-0.05, 0) is 31.5 Å². The van der Waals surface area contributed by atoms with Crippen LogP contribution in [0.4, 0.5) is 0 Å². The second-order valence-corrected chi connectivity index (χ2v) is 4.95. The third-order valence-corrected chi connectivity index (χ3v) is 3.43. The Kier molecular flexibility index (Phi) is 3.69. The first-order valence-corrected chi connectivity index (χ1v) is 6.25. The number of carbonyl (C=O) groups is 1. The van der Waals surface area contributed by atoms with Gasteiger partial charge in [0.15, 0.2) is 0 Å². The van der Waals surface area contributed by atoms with Crippen LogP contribution >= 0.6 is 11.6 Å². The average Bonchev–Trinajstić information content (AvgIpc) is 2.32. The molecule has 17 heavy (non-hydrogen) atoms. The smallest absolute Gasteiger partial charge is 0.254 e. The van der Waals surface area contributed by atoms with Crippen LogP contribution in [0.1, 0.15) is 22.8 Å².